The van der Waals surface area contributed by atoms with Crippen molar-refractivity contribution in [2.24, 2.45) is 0 Å². The van der Waals surface area contributed by atoms with Gasteiger partial charge in [-0.15, -0.1) is 0 Å². The number of aryl methyl sites for hydroxylation is 2. The predicted molar refractivity (Wildman–Crippen MR) is 117 cm³/mol. The lowest BCUT2D eigenvalue weighted by atomic mass is 10.00. The van der Waals surface area contributed by atoms with Crippen molar-refractivity contribution in [3.8, 4) is 0 Å². The fourth-order valence-corrected chi connectivity index (χ4v) is 3.67. The zero-order valence-corrected chi connectivity index (χ0v) is 16.8. The van der Waals surface area contributed by atoms with Gasteiger partial charge in [0.05, 0.1) is 0 Å². The van der Waals surface area contributed by atoms with Crippen LogP contribution in [0, 0.1) is 0 Å². The number of nitrogens with one attached hydrogen (secondary N) is 2. The van der Waals surface area contributed by atoms with E-state index in [0.717, 1.165) is 24.1 Å². The van der Waals surface area contributed by atoms with Gasteiger partial charge in [-0.25, -0.2) is 4.79 Å². The Morgan fingerprint density at radius 3 is 2.61 bits per heavy atom. The lowest BCUT2D eigenvalue weighted by Gasteiger charge is -2.30. The van der Waals surface area contributed by atoms with Gasteiger partial charge in [0.15, 0.2) is 0 Å². The van der Waals surface area contributed by atoms with Crippen LogP contribution >= 0.6 is 0 Å². The first-order valence-electron chi connectivity index (χ1n) is 10.1. The average molecular weight is 418 g/mol. The molecule has 0 bridgehead atoms. The van der Waals surface area contributed by atoms with Gasteiger partial charge in [-0.1, -0.05) is 24.3 Å². The number of carbonyl (C=O) groups is 2. The summed E-state index contributed by atoms with van der Waals surface area (Å²) in [5.74, 6) is -0.336. The van der Waals surface area contributed by atoms with E-state index < -0.39 is 11.2 Å². The SMILES string of the molecule is O=C(CCn1ccc(=O)[nH]c1=O)Nc1ccc2c(c1)N(C(=O)c1ccccc1)CCC2. The smallest absolute Gasteiger partial charge is 0.326 e. The molecule has 8 nitrogen and oxygen atoms in total. The van der Waals surface area contributed by atoms with Gasteiger partial charge >= 0.3 is 5.69 Å². The van der Waals surface area contributed by atoms with Crippen molar-refractivity contribution in [3.05, 3.63) is 92.8 Å². The molecule has 4 rings (SSSR count). The van der Waals surface area contributed by atoms with E-state index in [1.807, 2.05) is 36.4 Å². The van der Waals surface area contributed by atoms with E-state index in [0.29, 0.717) is 17.8 Å². The van der Waals surface area contributed by atoms with Gasteiger partial charge in [0.25, 0.3) is 11.5 Å². The molecule has 158 valence electrons. The van der Waals surface area contributed by atoms with E-state index in [9.17, 15) is 19.2 Å². The highest BCUT2D eigenvalue weighted by Gasteiger charge is 2.24. The second kappa shape index (κ2) is 8.83. The maximum Gasteiger partial charge on any atom is 0.328 e. The lowest BCUT2D eigenvalue weighted by Crippen LogP contribution is -2.35. The number of nitrogens with zero attached hydrogens (tertiary/aromatic N) is 2. The summed E-state index contributed by atoms with van der Waals surface area (Å²) in [4.78, 5) is 52.1. The average Bonchev–Trinajstić information content (AvgIpc) is 2.78. The first kappa shape index (κ1) is 20.3. The van der Waals surface area contributed by atoms with Gasteiger partial charge in [-0.05, 0) is 42.7 Å². The van der Waals surface area contributed by atoms with Crippen molar-refractivity contribution >= 4 is 23.2 Å². The molecule has 3 aromatic rings. The fourth-order valence-electron chi connectivity index (χ4n) is 3.67. The van der Waals surface area contributed by atoms with Gasteiger partial charge in [0, 0.05) is 48.7 Å². The van der Waals surface area contributed by atoms with Gasteiger partial charge < -0.3 is 14.8 Å². The van der Waals surface area contributed by atoms with Gasteiger partial charge in [-0.3, -0.25) is 19.4 Å². The first-order chi connectivity index (χ1) is 15.0. The summed E-state index contributed by atoms with van der Waals surface area (Å²) in [6.07, 6.45) is 3.18. The maximum absolute atomic E-state index is 13.0. The number of hydrogen-bond donors (Lipinski definition) is 2. The molecule has 1 aromatic heterocycles. The largest absolute Gasteiger partial charge is 0.328 e. The molecule has 8 heteroatoms. The summed E-state index contributed by atoms with van der Waals surface area (Å²) in [5.41, 5.74) is 2.04. The second-order valence-electron chi connectivity index (χ2n) is 7.37. The van der Waals surface area contributed by atoms with Crippen LogP contribution in [0.3, 0.4) is 0 Å². The standard InChI is InChI=1S/C23H22N4O4/c28-20(10-13-26-14-11-21(29)25-23(26)31)24-18-9-8-16-7-4-12-27(19(16)15-18)22(30)17-5-2-1-3-6-17/h1-3,5-6,8-9,11,14-15H,4,7,10,12-13H2,(H,24,28)(H,25,29,31). The number of hydrogen-bond acceptors (Lipinski definition) is 4. The number of amides is 2. The van der Waals surface area contributed by atoms with Crippen LogP contribution in [-0.2, 0) is 17.8 Å². The Hall–Kier alpha value is -3.94. The number of carbonyl (C=O) groups excluding carboxylic acids is 2. The van der Waals surface area contributed by atoms with Crippen molar-refractivity contribution in [1.29, 1.82) is 0 Å². The topological polar surface area (TPSA) is 104 Å². The molecule has 2 N–H and O–H groups in total. The van der Waals surface area contributed by atoms with Crippen LogP contribution in [0.5, 0.6) is 0 Å². The van der Waals surface area contributed by atoms with E-state index >= 15 is 0 Å². The number of anilines is 2. The summed E-state index contributed by atoms with van der Waals surface area (Å²) in [5, 5.41) is 2.83. The molecule has 0 unspecified atom stereocenters. The third-order valence-corrected chi connectivity index (χ3v) is 5.23. The van der Waals surface area contributed by atoms with Crippen molar-refractivity contribution < 1.29 is 9.59 Å². The molecule has 31 heavy (non-hydrogen) atoms. The summed E-state index contributed by atoms with van der Waals surface area (Å²) in [7, 11) is 0. The molecular weight excluding hydrogens is 396 g/mol. The van der Waals surface area contributed by atoms with E-state index in [-0.39, 0.29) is 24.8 Å². The van der Waals surface area contributed by atoms with Crippen LogP contribution < -0.4 is 21.5 Å². The minimum absolute atomic E-state index is 0.0652. The summed E-state index contributed by atoms with van der Waals surface area (Å²) >= 11 is 0. The van der Waals surface area contributed by atoms with Crippen molar-refractivity contribution in [2.45, 2.75) is 25.8 Å². The predicted octanol–water partition coefficient (Wildman–Crippen LogP) is 2.16. The van der Waals surface area contributed by atoms with Crippen LogP contribution in [0.25, 0.3) is 0 Å². The minimum atomic E-state index is -0.552. The number of H-pyrrole nitrogens is 1. The summed E-state index contributed by atoms with van der Waals surface area (Å²) in [6.45, 7) is 0.762. The maximum atomic E-state index is 13.0. The molecule has 0 atom stereocenters. The summed E-state index contributed by atoms with van der Waals surface area (Å²) < 4.78 is 1.27. The zero-order valence-electron chi connectivity index (χ0n) is 16.8. The molecule has 0 fully saturated rings. The molecule has 0 radical (unpaired) electrons. The molecule has 0 spiro atoms. The highest BCUT2D eigenvalue weighted by molar-refractivity contribution is 6.07. The third-order valence-electron chi connectivity index (χ3n) is 5.23. The molecule has 1 aliphatic rings. The Morgan fingerprint density at radius 2 is 1.84 bits per heavy atom. The lowest BCUT2D eigenvalue weighted by molar-refractivity contribution is -0.116. The van der Waals surface area contributed by atoms with E-state index in [1.165, 1.54) is 16.8 Å². The van der Waals surface area contributed by atoms with Gasteiger partial charge in [0.1, 0.15) is 0 Å². The number of aromatic nitrogens is 2. The minimum Gasteiger partial charge on any atom is -0.326 e. The number of rotatable bonds is 5. The molecule has 0 saturated carbocycles. The van der Waals surface area contributed by atoms with Crippen molar-refractivity contribution in [2.75, 3.05) is 16.8 Å². The van der Waals surface area contributed by atoms with Gasteiger partial charge in [0.2, 0.25) is 5.91 Å². The quantitative estimate of drug-likeness (QED) is 0.663. The second-order valence-corrected chi connectivity index (χ2v) is 7.37. The number of benzene rings is 2. The van der Waals surface area contributed by atoms with Crippen molar-refractivity contribution in [1.82, 2.24) is 9.55 Å². The van der Waals surface area contributed by atoms with E-state index in [1.54, 1.807) is 17.0 Å². The van der Waals surface area contributed by atoms with E-state index in [4.69, 9.17) is 0 Å². The number of aromatic amines is 1. The molecular formula is C23H22N4O4. The Morgan fingerprint density at radius 1 is 1.03 bits per heavy atom. The molecule has 0 saturated heterocycles. The molecule has 1 aliphatic heterocycles. The van der Waals surface area contributed by atoms with Crippen LogP contribution in [0.4, 0.5) is 11.4 Å². The molecule has 2 amide bonds. The third kappa shape index (κ3) is 4.63. The zero-order chi connectivity index (χ0) is 21.8. The Kier molecular flexibility index (Phi) is 5.79. The van der Waals surface area contributed by atoms with Gasteiger partial charge in [-0.2, -0.15) is 0 Å². The van der Waals surface area contributed by atoms with Crippen LogP contribution in [0.2, 0.25) is 0 Å². The Balaban J connectivity index is 1.48. The molecule has 2 aromatic carbocycles. The van der Waals surface area contributed by atoms with Crippen LogP contribution in [0.1, 0.15) is 28.8 Å². The van der Waals surface area contributed by atoms with Crippen LogP contribution in [0.15, 0.2) is 70.4 Å². The highest BCUT2D eigenvalue weighted by atomic mass is 16.2. The Bertz CT molecular complexity index is 1230. The fraction of sp³-hybridized carbons (Fsp3) is 0.217. The normalized spacial score (nSPS) is 12.8. The highest BCUT2D eigenvalue weighted by Crippen LogP contribution is 2.31. The van der Waals surface area contributed by atoms with Crippen molar-refractivity contribution in [3.63, 3.8) is 0 Å². The van der Waals surface area contributed by atoms with E-state index in [2.05, 4.69) is 10.3 Å². The molecule has 0 aliphatic carbocycles. The Labute approximate surface area is 178 Å². The molecule has 2 heterocycles. The van der Waals surface area contributed by atoms with Crippen LogP contribution in [-0.4, -0.2) is 27.9 Å². The summed E-state index contributed by atoms with van der Waals surface area (Å²) in [6, 6.07) is 15.9. The first-order valence-corrected chi connectivity index (χ1v) is 10.1. The number of fused-ring (bicyclic) bond motifs is 1. The monoisotopic (exact) mass is 418 g/mol.